The average molecular weight is 348 g/mol. The monoisotopic (exact) mass is 348 g/mol. The van der Waals surface area contributed by atoms with Crippen LogP contribution in [-0.2, 0) is 19.0 Å². The first-order valence-corrected chi connectivity index (χ1v) is 9.76. The second-order valence-electron chi connectivity index (χ2n) is 9.19. The summed E-state index contributed by atoms with van der Waals surface area (Å²) in [5, 5.41) is 10.9. The normalized spacial score (nSPS) is 53.6. The van der Waals surface area contributed by atoms with Crippen LogP contribution in [0.1, 0.15) is 52.4 Å². The summed E-state index contributed by atoms with van der Waals surface area (Å²) in [6, 6.07) is 0. The fourth-order valence-electron chi connectivity index (χ4n) is 6.75. The van der Waals surface area contributed by atoms with E-state index in [-0.39, 0.29) is 28.5 Å². The molecule has 138 valence electrons. The molecule has 0 bridgehead atoms. The summed E-state index contributed by atoms with van der Waals surface area (Å²) >= 11 is 0. The topological polar surface area (TPSA) is 68.3 Å². The molecule has 3 heterocycles. The van der Waals surface area contributed by atoms with Crippen molar-refractivity contribution in [3.05, 3.63) is 11.6 Å². The van der Waals surface area contributed by atoms with Gasteiger partial charge in [-0.15, -0.1) is 0 Å². The lowest BCUT2D eigenvalue weighted by Crippen LogP contribution is -2.60. The largest absolute Gasteiger partial charge is 0.458 e. The molecule has 2 aliphatic carbocycles. The molecule has 1 N–H and O–H groups in total. The Kier molecular flexibility index (Phi) is 3.31. The van der Waals surface area contributed by atoms with Crippen molar-refractivity contribution < 1.29 is 24.1 Å². The average Bonchev–Trinajstić information content (AvgIpc) is 3.08. The maximum atomic E-state index is 11.4. The van der Waals surface area contributed by atoms with Crippen LogP contribution in [0.25, 0.3) is 0 Å². The van der Waals surface area contributed by atoms with Crippen LogP contribution in [0.15, 0.2) is 11.6 Å². The van der Waals surface area contributed by atoms with Crippen molar-refractivity contribution in [2.24, 2.45) is 22.7 Å². The molecule has 5 heteroatoms. The molecule has 7 atom stereocenters. The van der Waals surface area contributed by atoms with Crippen molar-refractivity contribution in [3.8, 4) is 0 Å². The summed E-state index contributed by atoms with van der Waals surface area (Å²) in [5.41, 5.74) is 0.742. The predicted molar refractivity (Wildman–Crippen MR) is 89.5 cm³/mol. The van der Waals surface area contributed by atoms with Crippen molar-refractivity contribution in [2.75, 3.05) is 13.2 Å². The molecule has 0 amide bonds. The third-order valence-electron chi connectivity index (χ3n) is 8.46. The van der Waals surface area contributed by atoms with E-state index in [0.717, 1.165) is 44.1 Å². The Hall–Kier alpha value is -0.910. The number of aliphatic hydroxyl groups is 1. The van der Waals surface area contributed by atoms with Gasteiger partial charge in [0.2, 0.25) is 0 Å². The molecule has 2 saturated heterocycles. The van der Waals surface area contributed by atoms with E-state index < -0.39 is 6.29 Å². The van der Waals surface area contributed by atoms with E-state index in [4.69, 9.17) is 14.2 Å². The van der Waals surface area contributed by atoms with E-state index in [2.05, 4.69) is 13.8 Å². The molecular formula is C20H28O5. The van der Waals surface area contributed by atoms with E-state index in [0.29, 0.717) is 25.0 Å². The summed E-state index contributed by atoms with van der Waals surface area (Å²) in [4.78, 5) is 11.4. The van der Waals surface area contributed by atoms with E-state index in [1.165, 1.54) is 0 Å². The molecule has 0 aromatic rings. The first-order valence-electron chi connectivity index (χ1n) is 9.76. The number of carbonyl (C=O) groups excluding carboxylic acids is 1. The molecule has 5 aliphatic rings. The van der Waals surface area contributed by atoms with Gasteiger partial charge in [0.15, 0.2) is 6.29 Å². The van der Waals surface area contributed by atoms with Crippen molar-refractivity contribution in [1.82, 2.24) is 0 Å². The molecule has 3 aliphatic heterocycles. The van der Waals surface area contributed by atoms with Gasteiger partial charge in [0.05, 0.1) is 18.1 Å². The van der Waals surface area contributed by atoms with Gasteiger partial charge < -0.3 is 19.3 Å². The van der Waals surface area contributed by atoms with Crippen molar-refractivity contribution in [1.29, 1.82) is 0 Å². The third kappa shape index (κ3) is 1.92. The fraction of sp³-hybridized carbons (Fsp3) is 0.850. The third-order valence-corrected chi connectivity index (χ3v) is 8.46. The molecule has 5 rings (SSSR count). The minimum atomic E-state index is -0.703. The molecule has 0 radical (unpaired) electrons. The van der Waals surface area contributed by atoms with E-state index in [1.54, 1.807) is 6.08 Å². The molecule has 2 saturated carbocycles. The van der Waals surface area contributed by atoms with Gasteiger partial charge >= 0.3 is 5.97 Å². The summed E-state index contributed by atoms with van der Waals surface area (Å²) in [6.07, 6.45) is 7.42. The fourth-order valence-corrected chi connectivity index (χ4v) is 6.75. The lowest BCUT2D eigenvalue weighted by atomic mass is 9.44. The van der Waals surface area contributed by atoms with E-state index in [9.17, 15) is 9.90 Å². The Labute approximate surface area is 148 Å². The predicted octanol–water partition coefficient (Wildman–Crippen LogP) is 2.57. The summed E-state index contributed by atoms with van der Waals surface area (Å²) in [6.45, 7) is 5.74. The van der Waals surface area contributed by atoms with E-state index >= 15 is 0 Å². The van der Waals surface area contributed by atoms with E-state index in [1.807, 2.05) is 0 Å². The molecule has 5 nitrogen and oxygen atoms in total. The number of aliphatic hydroxyl groups excluding tert-OH is 1. The number of hydrogen-bond donors (Lipinski definition) is 1. The molecule has 0 aromatic carbocycles. The van der Waals surface area contributed by atoms with Crippen LogP contribution in [0.2, 0.25) is 0 Å². The van der Waals surface area contributed by atoms with Crippen molar-refractivity contribution >= 4 is 5.97 Å². The maximum Gasteiger partial charge on any atom is 0.331 e. The number of carbonyl (C=O) groups is 1. The van der Waals surface area contributed by atoms with Gasteiger partial charge in [-0.1, -0.05) is 13.8 Å². The Balaban J connectivity index is 1.46. The zero-order valence-electron chi connectivity index (χ0n) is 15.1. The zero-order chi connectivity index (χ0) is 17.4. The standard InChI is InChI=1S/C20H28O5/c1-12-5-8-19-14(3-4-15-20(19,25-15)11-24-17(19)22)18(12,2)7-6-13-9-16(21)23-10-13/h9,12,14-15,17,22H,3-8,10-11H2,1-2H3/t12-,14-,15+,17+,18+,19+,20+/m0/s1. The lowest BCUT2D eigenvalue weighted by Gasteiger charge is -2.59. The number of esters is 1. The molecule has 25 heavy (non-hydrogen) atoms. The van der Waals surface area contributed by atoms with Crippen molar-refractivity contribution in [3.63, 3.8) is 0 Å². The van der Waals surface area contributed by atoms with Gasteiger partial charge in [-0.3, -0.25) is 0 Å². The Morgan fingerprint density at radius 3 is 2.92 bits per heavy atom. The number of cyclic esters (lactones) is 1. The van der Waals surface area contributed by atoms with Crippen LogP contribution in [-0.4, -0.2) is 42.3 Å². The number of ether oxygens (including phenoxy) is 3. The van der Waals surface area contributed by atoms with Crippen LogP contribution >= 0.6 is 0 Å². The highest BCUT2D eigenvalue weighted by Crippen LogP contribution is 2.73. The highest BCUT2D eigenvalue weighted by atomic mass is 16.7. The molecule has 0 unspecified atom stereocenters. The smallest absolute Gasteiger partial charge is 0.331 e. The first-order chi connectivity index (χ1) is 11.9. The molecular weight excluding hydrogens is 320 g/mol. The minimum Gasteiger partial charge on any atom is -0.458 e. The second kappa shape index (κ2) is 5.08. The van der Waals surface area contributed by atoms with Crippen LogP contribution < -0.4 is 0 Å². The van der Waals surface area contributed by atoms with Crippen molar-refractivity contribution in [2.45, 2.75) is 70.4 Å². The molecule has 4 fully saturated rings. The minimum absolute atomic E-state index is 0.114. The summed E-state index contributed by atoms with van der Waals surface area (Å²) < 4.78 is 17.0. The molecule has 0 aromatic heterocycles. The Bertz CT molecular complexity index is 644. The highest BCUT2D eigenvalue weighted by Gasteiger charge is 2.81. The second-order valence-corrected chi connectivity index (χ2v) is 9.19. The SMILES string of the molecule is C[C@H]1CC[C@@]23[C@H](O)OC[C@]24O[C@@H]4CC[C@H]3[C@]1(C)CCC1=CC(=O)OC1. The van der Waals surface area contributed by atoms with Crippen LogP contribution in [0.5, 0.6) is 0 Å². The highest BCUT2D eigenvalue weighted by molar-refractivity contribution is 5.85. The molecule has 2 spiro atoms. The van der Waals surface area contributed by atoms with Gasteiger partial charge in [0.1, 0.15) is 12.2 Å². The van der Waals surface area contributed by atoms with Crippen LogP contribution in [0.3, 0.4) is 0 Å². The Morgan fingerprint density at radius 2 is 2.16 bits per heavy atom. The Morgan fingerprint density at radius 1 is 1.32 bits per heavy atom. The number of epoxide rings is 1. The number of rotatable bonds is 3. The van der Waals surface area contributed by atoms with Gasteiger partial charge in [-0.25, -0.2) is 4.79 Å². The quantitative estimate of drug-likeness (QED) is 0.627. The van der Waals surface area contributed by atoms with Gasteiger partial charge in [0, 0.05) is 6.08 Å². The first kappa shape index (κ1) is 16.3. The summed E-state index contributed by atoms with van der Waals surface area (Å²) in [5.74, 6) is 0.777. The number of hydrogen-bond acceptors (Lipinski definition) is 5. The zero-order valence-corrected chi connectivity index (χ0v) is 15.1. The van der Waals surface area contributed by atoms with Crippen LogP contribution in [0, 0.1) is 22.7 Å². The summed E-state index contributed by atoms with van der Waals surface area (Å²) in [7, 11) is 0. The van der Waals surface area contributed by atoms with Gasteiger partial charge in [-0.2, -0.15) is 0 Å². The van der Waals surface area contributed by atoms with Crippen LogP contribution in [0.4, 0.5) is 0 Å². The lowest BCUT2D eigenvalue weighted by molar-refractivity contribution is -0.197. The van der Waals surface area contributed by atoms with Gasteiger partial charge in [0.25, 0.3) is 0 Å². The maximum absolute atomic E-state index is 11.4. The van der Waals surface area contributed by atoms with Gasteiger partial charge in [-0.05, 0) is 61.3 Å².